The number of imidazole rings is 1. The summed E-state index contributed by atoms with van der Waals surface area (Å²) in [5.74, 6) is 0.1000. The number of halogens is 1. The van der Waals surface area contributed by atoms with E-state index in [2.05, 4.69) is 59.5 Å². The second kappa shape index (κ2) is 14.9. The van der Waals surface area contributed by atoms with Gasteiger partial charge in [-0.05, 0) is 106 Å². The van der Waals surface area contributed by atoms with Gasteiger partial charge in [0.15, 0.2) is 11.5 Å². The van der Waals surface area contributed by atoms with Crippen molar-refractivity contribution >= 4 is 63.5 Å². The van der Waals surface area contributed by atoms with Gasteiger partial charge in [0.1, 0.15) is 5.69 Å². The SMILES string of the molecule is CNc1cc(N2CCc3c(N4CCC(CN5CCC6(CC5)CCN(c5ccc(C7CCC(=O)NC7=O)c(Cl)c5)CC6)CC4)cccc32)nn2c(C(N)=O)cnc12. The predicted molar refractivity (Wildman–Crippen MR) is 219 cm³/mol. The normalized spacial score (nSPS) is 21.8. The van der Waals surface area contributed by atoms with Crippen molar-refractivity contribution in [3.8, 4) is 0 Å². The van der Waals surface area contributed by atoms with E-state index in [-0.39, 0.29) is 23.4 Å². The molecular weight excluding hydrogens is 728 g/mol. The van der Waals surface area contributed by atoms with Crippen LogP contribution in [0.1, 0.15) is 78.9 Å². The lowest BCUT2D eigenvalue weighted by atomic mass is 9.71. The number of aromatic nitrogens is 3. The van der Waals surface area contributed by atoms with Gasteiger partial charge in [0, 0.05) is 86.5 Å². The van der Waals surface area contributed by atoms with Crippen LogP contribution in [0.5, 0.6) is 0 Å². The van der Waals surface area contributed by atoms with Crippen LogP contribution in [0.15, 0.2) is 48.7 Å². The first-order valence-electron chi connectivity index (χ1n) is 20.3. The molecule has 5 aliphatic heterocycles. The molecule has 3 amide bonds. The van der Waals surface area contributed by atoms with Gasteiger partial charge in [0.2, 0.25) is 11.8 Å². The number of hydrogen-bond acceptors (Lipinski definition) is 10. The van der Waals surface area contributed by atoms with Crippen molar-refractivity contribution in [1.29, 1.82) is 0 Å². The number of nitrogens with two attached hydrogens (primary N) is 1. The molecular formula is C42H51ClN10O3. The predicted octanol–water partition coefficient (Wildman–Crippen LogP) is 5.34. The highest BCUT2D eigenvalue weighted by molar-refractivity contribution is 6.32. The molecule has 13 nitrogen and oxygen atoms in total. The first-order valence-corrected chi connectivity index (χ1v) is 20.7. The number of primary amides is 1. The second-order valence-electron chi connectivity index (χ2n) is 16.5. The minimum Gasteiger partial charge on any atom is -0.385 e. The summed E-state index contributed by atoms with van der Waals surface area (Å²) in [5.41, 5.74) is 13.5. The minimum atomic E-state index is -0.557. The van der Waals surface area contributed by atoms with Crippen LogP contribution in [0, 0.1) is 11.3 Å². The topological polar surface area (TPSA) is 144 Å². The Bertz CT molecular complexity index is 2160. The number of fused-ring (bicyclic) bond motifs is 2. The van der Waals surface area contributed by atoms with Gasteiger partial charge in [0.25, 0.3) is 5.91 Å². The van der Waals surface area contributed by atoms with Crippen molar-refractivity contribution in [3.05, 3.63) is 70.5 Å². The van der Waals surface area contributed by atoms with E-state index in [1.165, 1.54) is 81.3 Å². The monoisotopic (exact) mass is 778 g/mol. The maximum atomic E-state index is 12.4. The van der Waals surface area contributed by atoms with E-state index in [0.717, 1.165) is 61.9 Å². The van der Waals surface area contributed by atoms with Crippen molar-refractivity contribution < 1.29 is 14.4 Å². The van der Waals surface area contributed by atoms with Crippen molar-refractivity contribution in [2.75, 3.05) is 79.4 Å². The fourth-order valence-electron chi connectivity index (χ4n) is 10.0. The van der Waals surface area contributed by atoms with Gasteiger partial charge in [-0.2, -0.15) is 0 Å². The Morgan fingerprint density at radius 3 is 2.39 bits per heavy atom. The molecule has 0 bridgehead atoms. The quantitative estimate of drug-likeness (QED) is 0.201. The highest BCUT2D eigenvalue weighted by Gasteiger charge is 2.39. The number of imide groups is 1. The minimum absolute atomic E-state index is 0.207. The number of likely N-dealkylation sites (tertiary alicyclic amines) is 1. The molecule has 0 radical (unpaired) electrons. The zero-order valence-corrected chi connectivity index (χ0v) is 32.9. The van der Waals surface area contributed by atoms with E-state index in [0.29, 0.717) is 34.8 Å². The molecule has 56 heavy (non-hydrogen) atoms. The zero-order valence-electron chi connectivity index (χ0n) is 32.1. The molecule has 1 unspecified atom stereocenters. The Labute approximate surface area is 332 Å². The van der Waals surface area contributed by atoms with Crippen molar-refractivity contribution in [1.82, 2.24) is 24.8 Å². The number of rotatable bonds is 8. The lowest BCUT2D eigenvalue weighted by molar-refractivity contribution is -0.134. The molecule has 294 valence electrons. The van der Waals surface area contributed by atoms with Gasteiger partial charge in [-0.1, -0.05) is 23.7 Å². The standard InChI is InChI=1S/C42H51ClN10O3/c1-45-33-24-37(48-53-36(39(44)55)25-46-40(33)53)52-18-11-31-34(3-2-4-35(31)52)51-16-9-27(10-17-51)26-49-19-12-42(13-20-49)14-21-50(22-15-42)28-5-6-29(32(43)23-28)30-7-8-38(54)47-41(30)56/h2-6,23-25,27,30,45H,7-22,26H2,1H3,(H2,44,55)(H,47,54,56). The first-order chi connectivity index (χ1) is 27.2. The fourth-order valence-corrected chi connectivity index (χ4v) is 10.4. The van der Waals surface area contributed by atoms with E-state index < -0.39 is 5.91 Å². The Kier molecular flexibility index (Phi) is 9.77. The van der Waals surface area contributed by atoms with Crippen molar-refractivity contribution in [2.45, 2.75) is 63.7 Å². The summed E-state index contributed by atoms with van der Waals surface area (Å²) in [7, 11) is 1.84. The molecule has 4 N–H and O–H groups in total. The van der Waals surface area contributed by atoms with Crippen LogP contribution >= 0.6 is 11.6 Å². The van der Waals surface area contributed by atoms with Crippen LogP contribution in [-0.4, -0.2) is 96.6 Å². The molecule has 0 aliphatic carbocycles. The van der Waals surface area contributed by atoms with Crippen LogP contribution in [0.3, 0.4) is 0 Å². The summed E-state index contributed by atoms with van der Waals surface area (Å²) in [6.07, 6.45) is 10.6. The molecule has 5 aliphatic rings. The summed E-state index contributed by atoms with van der Waals surface area (Å²) in [5, 5.41) is 11.1. The molecule has 1 spiro atoms. The molecule has 2 aromatic carbocycles. The number of nitrogens with zero attached hydrogens (tertiary/aromatic N) is 7. The molecule has 1 atom stereocenters. The molecule has 14 heteroatoms. The van der Waals surface area contributed by atoms with Crippen LogP contribution in [0.4, 0.5) is 28.6 Å². The summed E-state index contributed by atoms with van der Waals surface area (Å²) in [6, 6.07) is 14.7. The van der Waals surface area contributed by atoms with Gasteiger partial charge in [0.05, 0.1) is 17.8 Å². The van der Waals surface area contributed by atoms with Crippen molar-refractivity contribution in [3.63, 3.8) is 0 Å². The van der Waals surface area contributed by atoms with Crippen LogP contribution in [0.2, 0.25) is 5.02 Å². The summed E-state index contributed by atoms with van der Waals surface area (Å²) >= 11 is 6.72. The number of hydrogen-bond donors (Lipinski definition) is 3. The molecule has 2 aromatic heterocycles. The maximum Gasteiger partial charge on any atom is 0.269 e. The van der Waals surface area contributed by atoms with Gasteiger partial charge in [-0.3, -0.25) is 19.7 Å². The third kappa shape index (κ3) is 6.82. The van der Waals surface area contributed by atoms with Gasteiger partial charge < -0.3 is 30.7 Å². The Hall–Kier alpha value is -4.88. The summed E-state index contributed by atoms with van der Waals surface area (Å²) in [4.78, 5) is 50.5. The third-order valence-corrected chi connectivity index (χ3v) is 13.8. The molecule has 4 aromatic rings. The van der Waals surface area contributed by atoms with Gasteiger partial charge in [-0.25, -0.2) is 9.50 Å². The third-order valence-electron chi connectivity index (χ3n) is 13.4. The number of piperidine rings is 4. The number of anilines is 5. The highest BCUT2D eigenvalue weighted by Crippen LogP contribution is 2.44. The smallest absolute Gasteiger partial charge is 0.269 e. The largest absolute Gasteiger partial charge is 0.385 e. The molecule has 4 fully saturated rings. The Morgan fingerprint density at radius 2 is 1.68 bits per heavy atom. The van der Waals surface area contributed by atoms with Crippen molar-refractivity contribution in [2.24, 2.45) is 17.1 Å². The highest BCUT2D eigenvalue weighted by atomic mass is 35.5. The summed E-state index contributed by atoms with van der Waals surface area (Å²) < 4.78 is 1.55. The lowest BCUT2D eigenvalue weighted by Crippen LogP contribution is -2.48. The first kappa shape index (κ1) is 36.7. The molecule has 9 rings (SSSR count). The maximum absolute atomic E-state index is 12.4. The Morgan fingerprint density at radius 1 is 0.929 bits per heavy atom. The van der Waals surface area contributed by atoms with Crippen LogP contribution in [0.25, 0.3) is 5.65 Å². The van der Waals surface area contributed by atoms with Crippen LogP contribution < -0.4 is 31.1 Å². The number of amides is 3. The Balaban J connectivity index is 0.770. The number of carbonyl (C=O) groups is 3. The van der Waals surface area contributed by atoms with E-state index in [1.807, 2.05) is 25.2 Å². The van der Waals surface area contributed by atoms with E-state index in [1.54, 1.807) is 4.52 Å². The fraction of sp³-hybridized carbons (Fsp3) is 0.500. The average Bonchev–Trinajstić information content (AvgIpc) is 3.85. The molecule has 0 saturated carbocycles. The summed E-state index contributed by atoms with van der Waals surface area (Å²) in [6.45, 7) is 8.56. The van der Waals surface area contributed by atoms with E-state index in [9.17, 15) is 14.4 Å². The van der Waals surface area contributed by atoms with Crippen LogP contribution in [-0.2, 0) is 16.0 Å². The van der Waals surface area contributed by atoms with E-state index in [4.69, 9.17) is 22.4 Å². The lowest BCUT2D eigenvalue weighted by Gasteiger charge is -2.48. The van der Waals surface area contributed by atoms with Gasteiger partial charge in [-0.15, -0.1) is 5.10 Å². The second-order valence-corrected chi connectivity index (χ2v) is 16.9. The van der Waals surface area contributed by atoms with E-state index >= 15 is 0 Å². The zero-order chi connectivity index (χ0) is 38.6. The number of carbonyl (C=O) groups excluding carboxylic acids is 3. The number of nitrogens with one attached hydrogen (secondary N) is 2. The van der Waals surface area contributed by atoms with Gasteiger partial charge >= 0.3 is 0 Å². The number of benzene rings is 2. The molecule has 4 saturated heterocycles. The molecule has 7 heterocycles. The average molecular weight is 779 g/mol.